The van der Waals surface area contributed by atoms with E-state index in [1.54, 1.807) is 12.3 Å². The second kappa shape index (κ2) is 8.79. The van der Waals surface area contributed by atoms with Gasteiger partial charge in [-0.1, -0.05) is 38.1 Å². The van der Waals surface area contributed by atoms with E-state index in [0.29, 0.717) is 5.95 Å². The van der Waals surface area contributed by atoms with E-state index >= 15 is 0 Å². The number of aliphatic hydroxyl groups is 1. The molecule has 0 bridgehead atoms. The van der Waals surface area contributed by atoms with E-state index in [1.165, 1.54) is 12.5 Å². The van der Waals surface area contributed by atoms with E-state index in [1.807, 2.05) is 6.92 Å². The third-order valence-electron chi connectivity index (χ3n) is 7.35. The summed E-state index contributed by atoms with van der Waals surface area (Å²) in [7, 11) is 0. The highest BCUT2D eigenvalue weighted by Crippen LogP contribution is 2.37. The van der Waals surface area contributed by atoms with Gasteiger partial charge < -0.3 is 20.9 Å². The SMILES string of the molecule is C[C@H](Nc1nccc(N2C(=O)OC[C@]2(C)O)n1)c1ccc(CN2CCC(C)(N)C(C)(C)C2)cc1. The summed E-state index contributed by atoms with van der Waals surface area (Å²) in [6.07, 6.45) is 1.91. The van der Waals surface area contributed by atoms with Crippen LogP contribution in [0.5, 0.6) is 0 Å². The average Bonchev–Trinajstić information content (AvgIpc) is 3.03. The number of likely N-dealkylation sites (tertiary alicyclic amines) is 1. The lowest BCUT2D eigenvalue weighted by Crippen LogP contribution is -2.60. The van der Waals surface area contributed by atoms with Crippen molar-refractivity contribution in [3.05, 3.63) is 47.7 Å². The van der Waals surface area contributed by atoms with E-state index in [2.05, 4.69) is 65.2 Å². The number of carbonyl (C=O) groups is 1. The fourth-order valence-corrected chi connectivity index (χ4v) is 4.54. The Labute approximate surface area is 201 Å². The topological polar surface area (TPSA) is 117 Å². The maximum atomic E-state index is 12.0. The first kappa shape index (κ1) is 24.4. The van der Waals surface area contributed by atoms with Gasteiger partial charge in [-0.05, 0) is 49.8 Å². The molecule has 2 aliphatic heterocycles. The van der Waals surface area contributed by atoms with Crippen molar-refractivity contribution < 1.29 is 14.6 Å². The van der Waals surface area contributed by atoms with Crippen LogP contribution in [0.2, 0.25) is 0 Å². The van der Waals surface area contributed by atoms with Gasteiger partial charge >= 0.3 is 6.09 Å². The first-order valence-electron chi connectivity index (χ1n) is 11.8. The summed E-state index contributed by atoms with van der Waals surface area (Å²) in [5, 5.41) is 13.7. The quantitative estimate of drug-likeness (QED) is 0.591. The minimum Gasteiger partial charge on any atom is -0.444 e. The van der Waals surface area contributed by atoms with Crippen LogP contribution in [0.1, 0.15) is 58.2 Å². The van der Waals surface area contributed by atoms with E-state index in [-0.39, 0.29) is 29.4 Å². The van der Waals surface area contributed by atoms with Crippen molar-refractivity contribution in [1.82, 2.24) is 14.9 Å². The number of hydrogen-bond acceptors (Lipinski definition) is 8. The number of cyclic esters (lactones) is 1. The standard InChI is InChI=1S/C25H36N6O3/c1-17(28-21-27-12-10-20(29-21)31-22(32)34-16-25(31,5)33)19-8-6-18(7-9-19)14-30-13-11-24(4,26)23(2,3)15-30/h6-10,12,17,33H,11,13-16,26H2,1-5H3,(H,27,28,29)/t17-,24?,25-/m0/s1. The first-order chi connectivity index (χ1) is 15.9. The Kier molecular flexibility index (Phi) is 6.30. The van der Waals surface area contributed by atoms with Crippen LogP contribution < -0.4 is 16.0 Å². The molecular formula is C25H36N6O3. The Morgan fingerprint density at radius 2 is 1.91 bits per heavy atom. The fourth-order valence-electron chi connectivity index (χ4n) is 4.54. The summed E-state index contributed by atoms with van der Waals surface area (Å²) in [6.45, 7) is 13.0. The number of benzene rings is 1. The van der Waals surface area contributed by atoms with Gasteiger partial charge in [-0.15, -0.1) is 0 Å². The maximum absolute atomic E-state index is 12.0. The Morgan fingerprint density at radius 3 is 2.53 bits per heavy atom. The molecule has 2 aliphatic rings. The van der Waals surface area contributed by atoms with Crippen molar-refractivity contribution >= 4 is 17.9 Å². The third kappa shape index (κ3) is 4.87. The fraction of sp³-hybridized carbons (Fsp3) is 0.560. The number of nitrogens with two attached hydrogens (primary N) is 1. The van der Waals surface area contributed by atoms with E-state index < -0.39 is 11.8 Å². The molecule has 4 N–H and O–H groups in total. The molecule has 2 saturated heterocycles. The van der Waals surface area contributed by atoms with Gasteiger partial charge in [0.1, 0.15) is 12.4 Å². The number of hydrogen-bond donors (Lipinski definition) is 3. The highest BCUT2D eigenvalue weighted by atomic mass is 16.6. The third-order valence-corrected chi connectivity index (χ3v) is 7.35. The average molecular weight is 469 g/mol. The van der Waals surface area contributed by atoms with Crippen LogP contribution in [0.4, 0.5) is 16.6 Å². The summed E-state index contributed by atoms with van der Waals surface area (Å²) in [5.41, 5.74) is 7.35. The van der Waals surface area contributed by atoms with E-state index in [9.17, 15) is 9.90 Å². The number of anilines is 2. The monoisotopic (exact) mass is 468 g/mol. The number of carbonyl (C=O) groups excluding carboxylic acids is 1. The lowest BCUT2D eigenvalue weighted by atomic mass is 9.69. The largest absolute Gasteiger partial charge is 0.444 e. The molecule has 0 aliphatic carbocycles. The highest BCUT2D eigenvalue weighted by molar-refractivity contribution is 5.89. The molecule has 3 heterocycles. The molecular weight excluding hydrogens is 432 g/mol. The molecule has 9 nitrogen and oxygen atoms in total. The first-order valence-corrected chi connectivity index (χ1v) is 11.8. The summed E-state index contributed by atoms with van der Waals surface area (Å²) >= 11 is 0. The van der Waals surface area contributed by atoms with Crippen molar-refractivity contribution in [1.29, 1.82) is 0 Å². The van der Waals surface area contributed by atoms with Crippen LogP contribution in [0.3, 0.4) is 0 Å². The van der Waals surface area contributed by atoms with Gasteiger partial charge in [0, 0.05) is 31.4 Å². The normalized spacial score (nSPS) is 28.0. The molecule has 1 aromatic heterocycles. The number of piperidine rings is 1. The molecule has 2 fully saturated rings. The van der Waals surface area contributed by atoms with Crippen LogP contribution >= 0.6 is 0 Å². The number of ether oxygens (including phenoxy) is 1. The Balaban J connectivity index is 1.39. The van der Waals surface area contributed by atoms with Gasteiger partial charge in [0.2, 0.25) is 5.95 Å². The maximum Gasteiger partial charge on any atom is 0.418 e. The van der Waals surface area contributed by atoms with Crippen LogP contribution in [0.25, 0.3) is 0 Å². The smallest absolute Gasteiger partial charge is 0.418 e. The van der Waals surface area contributed by atoms with Crippen molar-refractivity contribution in [3.63, 3.8) is 0 Å². The van der Waals surface area contributed by atoms with E-state index in [0.717, 1.165) is 36.5 Å². The molecule has 1 unspecified atom stereocenters. The Morgan fingerprint density at radius 1 is 1.21 bits per heavy atom. The van der Waals surface area contributed by atoms with Gasteiger partial charge in [0.05, 0.1) is 6.04 Å². The number of aromatic nitrogens is 2. The van der Waals surface area contributed by atoms with Gasteiger partial charge in [-0.25, -0.2) is 14.7 Å². The second-order valence-corrected chi connectivity index (χ2v) is 10.7. The lowest BCUT2D eigenvalue weighted by Gasteiger charge is -2.49. The van der Waals surface area contributed by atoms with Crippen molar-refractivity contribution in [2.75, 3.05) is 29.9 Å². The lowest BCUT2D eigenvalue weighted by molar-refractivity contribution is 0.0375. The molecule has 4 rings (SSSR count). The highest BCUT2D eigenvalue weighted by Gasteiger charge is 2.44. The molecule has 2 aromatic rings. The van der Waals surface area contributed by atoms with Gasteiger partial charge in [0.25, 0.3) is 0 Å². The van der Waals surface area contributed by atoms with Crippen molar-refractivity contribution in [2.24, 2.45) is 11.1 Å². The minimum absolute atomic E-state index is 0.0535. The zero-order chi connectivity index (χ0) is 24.7. The molecule has 1 aromatic carbocycles. The molecule has 0 spiro atoms. The van der Waals surface area contributed by atoms with Gasteiger partial charge in [-0.2, -0.15) is 4.98 Å². The summed E-state index contributed by atoms with van der Waals surface area (Å²) in [5.74, 6) is 0.649. The Bertz CT molecular complexity index is 1040. The second-order valence-electron chi connectivity index (χ2n) is 10.7. The number of rotatable bonds is 6. The van der Waals surface area contributed by atoms with Crippen LogP contribution in [-0.2, 0) is 11.3 Å². The summed E-state index contributed by atoms with van der Waals surface area (Å²) in [6, 6.07) is 10.1. The molecule has 0 radical (unpaired) electrons. The van der Waals surface area contributed by atoms with Crippen LogP contribution in [0, 0.1) is 5.41 Å². The van der Waals surface area contributed by atoms with Gasteiger partial charge in [0.15, 0.2) is 5.72 Å². The van der Waals surface area contributed by atoms with Crippen molar-refractivity contribution in [3.8, 4) is 0 Å². The van der Waals surface area contributed by atoms with Crippen LogP contribution in [0.15, 0.2) is 36.5 Å². The van der Waals surface area contributed by atoms with E-state index in [4.69, 9.17) is 10.5 Å². The number of nitrogens with zero attached hydrogens (tertiary/aromatic N) is 4. The number of nitrogens with one attached hydrogen (secondary N) is 1. The molecule has 3 atom stereocenters. The predicted molar refractivity (Wildman–Crippen MR) is 131 cm³/mol. The molecule has 1 amide bonds. The zero-order valence-corrected chi connectivity index (χ0v) is 20.7. The molecule has 184 valence electrons. The van der Waals surface area contributed by atoms with Crippen LogP contribution in [-0.4, -0.2) is 57.0 Å². The molecule has 0 saturated carbocycles. The molecule has 9 heteroatoms. The Hall–Kier alpha value is -2.75. The minimum atomic E-state index is -1.45. The summed E-state index contributed by atoms with van der Waals surface area (Å²) < 4.78 is 4.96. The predicted octanol–water partition coefficient (Wildman–Crippen LogP) is 3.26. The van der Waals surface area contributed by atoms with Gasteiger partial charge in [-0.3, -0.25) is 4.90 Å². The summed E-state index contributed by atoms with van der Waals surface area (Å²) in [4.78, 5) is 24.3. The molecule has 34 heavy (non-hydrogen) atoms. The van der Waals surface area contributed by atoms with Crippen molar-refractivity contribution in [2.45, 2.75) is 64.9 Å². The number of amides is 1. The zero-order valence-electron chi connectivity index (χ0n) is 20.7.